The third kappa shape index (κ3) is 6.68. The van der Waals surface area contributed by atoms with Crippen molar-refractivity contribution in [3.63, 3.8) is 0 Å². The van der Waals surface area contributed by atoms with E-state index in [2.05, 4.69) is 74.3 Å². The summed E-state index contributed by atoms with van der Waals surface area (Å²) in [5.74, 6) is -2.99. The summed E-state index contributed by atoms with van der Waals surface area (Å²) < 4.78 is 46.3. The molecule has 0 saturated heterocycles. The molecular weight excluding hydrogens is 473 g/mol. The Hall–Kier alpha value is -3.41. The first-order valence-electron chi connectivity index (χ1n) is 12.8. The highest BCUT2D eigenvalue weighted by Gasteiger charge is 2.26. The van der Waals surface area contributed by atoms with Gasteiger partial charge in [0.05, 0.1) is 7.11 Å². The Bertz CT molecular complexity index is 1200. The molecule has 0 amide bonds. The average Bonchev–Trinajstić information content (AvgIpc) is 2.91. The van der Waals surface area contributed by atoms with Crippen LogP contribution < -0.4 is 15.0 Å². The number of hydrogen-bond acceptors (Lipinski definition) is 3. The highest BCUT2D eigenvalue weighted by Crippen LogP contribution is 2.37. The summed E-state index contributed by atoms with van der Waals surface area (Å²) in [4.78, 5) is 2.28. The first kappa shape index (κ1) is 28.2. The second-order valence-electron chi connectivity index (χ2n) is 9.39. The van der Waals surface area contributed by atoms with Crippen LogP contribution in [0.1, 0.15) is 57.2 Å². The number of para-hydroxylation sites is 1. The highest BCUT2D eigenvalue weighted by atomic mass is 19.2. The van der Waals surface area contributed by atoms with Gasteiger partial charge in [0, 0.05) is 42.6 Å². The fourth-order valence-corrected chi connectivity index (χ4v) is 4.58. The van der Waals surface area contributed by atoms with Gasteiger partial charge >= 0.3 is 0 Å². The standard InChI is InChI=1S/C31H37F3N2O/c1-6-31(4,17-11-12-23-15-16-24(20-29(23)37-5)36(7-2)8-3)25-13-9-10-14-28(25)35-21-22-18-26(32)30(34)27(33)19-22/h9-16,18-20,35H,6-8,17,21H2,1-5H3/b12-11+. The Kier molecular flexibility index (Phi) is 9.67. The first-order chi connectivity index (χ1) is 17.8. The van der Waals surface area contributed by atoms with Crippen molar-refractivity contribution < 1.29 is 17.9 Å². The van der Waals surface area contributed by atoms with Gasteiger partial charge in [-0.25, -0.2) is 13.2 Å². The maximum atomic E-state index is 13.7. The predicted molar refractivity (Wildman–Crippen MR) is 148 cm³/mol. The number of anilines is 2. The number of nitrogens with one attached hydrogen (secondary N) is 1. The summed E-state index contributed by atoms with van der Waals surface area (Å²) in [6, 6.07) is 16.3. The lowest BCUT2D eigenvalue weighted by molar-refractivity contribution is 0.413. The van der Waals surface area contributed by atoms with Crippen molar-refractivity contribution in [1.29, 1.82) is 0 Å². The smallest absolute Gasteiger partial charge is 0.194 e. The molecule has 3 aromatic rings. The highest BCUT2D eigenvalue weighted by molar-refractivity contribution is 5.64. The van der Waals surface area contributed by atoms with E-state index in [0.29, 0.717) is 5.56 Å². The lowest BCUT2D eigenvalue weighted by Crippen LogP contribution is -2.22. The van der Waals surface area contributed by atoms with Gasteiger partial charge in [0.15, 0.2) is 17.5 Å². The van der Waals surface area contributed by atoms with Crippen LogP contribution in [0.5, 0.6) is 5.75 Å². The number of benzene rings is 3. The second kappa shape index (κ2) is 12.7. The van der Waals surface area contributed by atoms with Crippen molar-refractivity contribution in [3.05, 3.63) is 94.8 Å². The monoisotopic (exact) mass is 510 g/mol. The van der Waals surface area contributed by atoms with E-state index in [-0.39, 0.29) is 12.0 Å². The summed E-state index contributed by atoms with van der Waals surface area (Å²) in [6.45, 7) is 10.7. The molecule has 0 spiro atoms. The van der Waals surface area contributed by atoms with Crippen LogP contribution in [0, 0.1) is 17.5 Å². The van der Waals surface area contributed by atoms with Gasteiger partial charge in [0.2, 0.25) is 0 Å². The van der Waals surface area contributed by atoms with Crippen LogP contribution in [0.25, 0.3) is 6.08 Å². The summed E-state index contributed by atoms with van der Waals surface area (Å²) in [6.07, 6.45) is 5.93. The van der Waals surface area contributed by atoms with Crippen molar-refractivity contribution >= 4 is 17.5 Å². The summed E-state index contributed by atoms with van der Waals surface area (Å²) >= 11 is 0. The molecule has 0 bridgehead atoms. The molecule has 198 valence electrons. The van der Waals surface area contributed by atoms with Crippen LogP contribution in [0.4, 0.5) is 24.5 Å². The Balaban J connectivity index is 1.80. The van der Waals surface area contributed by atoms with Gasteiger partial charge in [-0.05, 0) is 73.6 Å². The van der Waals surface area contributed by atoms with E-state index in [4.69, 9.17) is 4.74 Å². The fourth-order valence-electron chi connectivity index (χ4n) is 4.58. The largest absolute Gasteiger partial charge is 0.496 e. The molecule has 0 aliphatic carbocycles. The number of hydrogen-bond donors (Lipinski definition) is 1. The lowest BCUT2D eigenvalue weighted by atomic mass is 9.76. The summed E-state index contributed by atoms with van der Waals surface area (Å²) in [7, 11) is 1.69. The molecule has 0 saturated carbocycles. The summed E-state index contributed by atoms with van der Waals surface area (Å²) in [5.41, 5.74) is 4.29. The molecule has 1 N–H and O–H groups in total. The lowest BCUT2D eigenvalue weighted by Gasteiger charge is -2.30. The maximum absolute atomic E-state index is 13.7. The minimum atomic E-state index is -1.45. The van der Waals surface area contributed by atoms with E-state index in [1.165, 1.54) is 0 Å². The Morgan fingerprint density at radius 2 is 1.62 bits per heavy atom. The van der Waals surface area contributed by atoms with Crippen molar-refractivity contribution in [3.8, 4) is 5.75 Å². The van der Waals surface area contributed by atoms with E-state index < -0.39 is 17.5 Å². The SMILES string of the molecule is CCN(CC)c1ccc(/C=C/CC(C)(CC)c2ccccc2NCc2cc(F)c(F)c(F)c2)c(OC)c1. The van der Waals surface area contributed by atoms with Crippen molar-refractivity contribution in [2.45, 2.75) is 52.5 Å². The first-order valence-corrected chi connectivity index (χ1v) is 12.8. The van der Waals surface area contributed by atoms with Gasteiger partial charge in [-0.2, -0.15) is 0 Å². The number of nitrogens with zero attached hydrogens (tertiary/aromatic N) is 1. The molecule has 1 atom stereocenters. The average molecular weight is 511 g/mol. The Morgan fingerprint density at radius 3 is 2.24 bits per heavy atom. The van der Waals surface area contributed by atoms with Crippen LogP contribution in [0.2, 0.25) is 0 Å². The van der Waals surface area contributed by atoms with E-state index in [0.717, 1.165) is 66.3 Å². The van der Waals surface area contributed by atoms with Gasteiger partial charge < -0.3 is 15.0 Å². The Morgan fingerprint density at radius 1 is 0.946 bits per heavy atom. The molecule has 3 rings (SSSR count). The molecule has 6 heteroatoms. The zero-order chi connectivity index (χ0) is 27.0. The number of halogens is 3. The van der Waals surface area contributed by atoms with Gasteiger partial charge in [-0.15, -0.1) is 0 Å². The number of rotatable bonds is 12. The van der Waals surface area contributed by atoms with Crippen LogP contribution in [-0.4, -0.2) is 20.2 Å². The van der Waals surface area contributed by atoms with Crippen LogP contribution >= 0.6 is 0 Å². The normalized spacial score (nSPS) is 13.0. The second-order valence-corrected chi connectivity index (χ2v) is 9.39. The Labute approximate surface area is 219 Å². The molecule has 0 aliphatic heterocycles. The van der Waals surface area contributed by atoms with Crippen molar-refractivity contribution in [2.24, 2.45) is 0 Å². The number of allylic oxidation sites excluding steroid dienone is 1. The van der Waals surface area contributed by atoms with Gasteiger partial charge in [0.25, 0.3) is 0 Å². The van der Waals surface area contributed by atoms with Crippen molar-refractivity contribution in [1.82, 2.24) is 0 Å². The van der Waals surface area contributed by atoms with Gasteiger partial charge in [0.1, 0.15) is 5.75 Å². The minimum absolute atomic E-state index is 0.177. The third-order valence-corrected chi connectivity index (χ3v) is 7.10. The van der Waals surface area contributed by atoms with E-state index >= 15 is 0 Å². The van der Waals surface area contributed by atoms with Crippen LogP contribution in [0.3, 0.4) is 0 Å². The van der Waals surface area contributed by atoms with E-state index in [9.17, 15) is 13.2 Å². The van der Waals surface area contributed by atoms with Gasteiger partial charge in [-0.1, -0.05) is 44.2 Å². The number of methoxy groups -OCH3 is 1. The molecule has 0 heterocycles. The predicted octanol–water partition coefficient (Wildman–Crippen LogP) is 8.34. The molecule has 0 aliphatic rings. The van der Waals surface area contributed by atoms with Crippen LogP contribution in [0.15, 0.2) is 60.7 Å². The molecule has 1 unspecified atom stereocenters. The van der Waals surface area contributed by atoms with Crippen LogP contribution in [-0.2, 0) is 12.0 Å². The fraction of sp³-hybridized carbons (Fsp3) is 0.355. The summed E-state index contributed by atoms with van der Waals surface area (Å²) in [5, 5.41) is 3.29. The molecule has 3 nitrogen and oxygen atoms in total. The zero-order valence-electron chi connectivity index (χ0n) is 22.4. The molecule has 0 aromatic heterocycles. The van der Waals surface area contributed by atoms with Gasteiger partial charge in [-0.3, -0.25) is 0 Å². The number of ether oxygens (including phenoxy) is 1. The topological polar surface area (TPSA) is 24.5 Å². The third-order valence-electron chi connectivity index (χ3n) is 7.10. The maximum Gasteiger partial charge on any atom is 0.194 e. The molecule has 3 aromatic carbocycles. The molecule has 0 radical (unpaired) electrons. The van der Waals surface area contributed by atoms with Crippen molar-refractivity contribution in [2.75, 3.05) is 30.4 Å². The zero-order valence-corrected chi connectivity index (χ0v) is 22.4. The molecular formula is C31H37F3N2O. The molecule has 37 heavy (non-hydrogen) atoms. The van der Waals surface area contributed by atoms with E-state index in [1.807, 2.05) is 18.2 Å². The molecule has 0 fully saturated rings. The minimum Gasteiger partial charge on any atom is -0.496 e. The van der Waals surface area contributed by atoms with E-state index in [1.54, 1.807) is 7.11 Å². The quantitative estimate of drug-likeness (QED) is 0.248.